The number of thiocyanates is 1. The summed E-state index contributed by atoms with van der Waals surface area (Å²) < 4.78 is 6.81. The van der Waals surface area contributed by atoms with Crippen LogP contribution in [0.25, 0.3) is 5.69 Å². The highest BCUT2D eigenvalue weighted by molar-refractivity contribution is 8.03. The van der Waals surface area contributed by atoms with E-state index in [1.54, 1.807) is 36.1 Å². The molecule has 0 saturated heterocycles. The molecule has 1 heterocycles. The van der Waals surface area contributed by atoms with Crippen LogP contribution >= 0.6 is 11.8 Å². The number of benzene rings is 2. The van der Waals surface area contributed by atoms with Crippen molar-refractivity contribution < 1.29 is 9.53 Å². The second-order valence-corrected chi connectivity index (χ2v) is 6.10. The predicted molar refractivity (Wildman–Crippen MR) is 97.9 cm³/mol. The number of rotatable bonds is 6. The van der Waals surface area contributed by atoms with Crippen molar-refractivity contribution in [2.45, 2.75) is 11.5 Å². The molecule has 0 aliphatic heterocycles. The number of nitrogens with one attached hydrogen (secondary N) is 1. The number of amides is 1. The predicted octanol–water partition coefficient (Wildman–Crippen LogP) is 3.24. The summed E-state index contributed by atoms with van der Waals surface area (Å²) in [6.07, 6.45) is 0. The van der Waals surface area contributed by atoms with Crippen LogP contribution in [0.15, 0.2) is 59.5 Å². The summed E-state index contributed by atoms with van der Waals surface area (Å²) >= 11 is 1.06. The van der Waals surface area contributed by atoms with Gasteiger partial charge in [-0.15, -0.1) is 5.10 Å². The van der Waals surface area contributed by atoms with Crippen molar-refractivity contribution in [2.75, 3.05) is 12.4 Å². The molecule has 130 valence electrons. The number of aromatic nitrogens is 3. The zero-order chi connectivity index (χ0) is 18.4. The van der Waals surface area contributed by atoms with Gasteiger partial charge in [0.1, 0.15) is 11.1 Å². The summed E-state index contributed by atoms with van der Waals surface area (Å²) in [5, 5.41) is 21.6. The van der Waals surface area contributed by atoms with E-state index < -0.39 is 0 Å². The topological polar surface area (TPSA) is 92.8 Å². The Bertz CT molecular complexity index is 932. The van der Waals surface area contributed by atoms with Gasteiger partial charge < -0.3 is 10.1 Å². The third-order valence-corrected chi connectivity index (χ3v) is 4.13. The van der Waals surface area contributed by atoms with Crippen molar-refractivity contribution in [2.24, 2.45) is 0 Å². The van der Waals surface area contributed by atoms with Crippen LogP contribution < -0.4 is 5.32 Å². The number of nitriles is 1. The summed E-state index contributed by atoms with van der Waals surface area (Å²) in [5.41, 5.74) is 2.16. The van der Waals surface area contributed by atoms with E-state index in [4.69, 9.17) is 10.00 Å². The first kappa shape index (κ1) is 17.7. The fraction of sp³-hybridized carbons (Fsp3) is 0.111. The molecule has 0 atom stereocenters. The lowest BCUT2D eigenvalue weighted by atomic mass is 10.2. The molecule has 1 N–H and O–H groups in total. The lowest BCUT2D eigenvalue weighted by molar-refractivity contribution is 0.101. The molecule has 0 spiro atoms. The number of carbonyl (C=O) groups is 1. The molecular weight excluding hydrogens is 350 g/mol. The molecule has 1 amide bonds. The maximum absolute atomic E-state index is 12.6. The molecule has 0 aliphatic rings. The Kier molecular flexibility index (Phi) is 5.63. The van der Waals surface area contributed by atoms with Crippen LogP contribution in [-0.2, 0) is 11.3 Å². The van der Waals surface area contributed by atoms with Crippen molar-refractivity contribution in [3.63, 3.8) is 0 Å². The van der Waals surface area contributed by atoms with Crippen molar-refractivity contribution in [3.8, 4) is 11.1 Å². The second kappa shape index (κ2) is 8.29. The van der Waals surface area contributed by atoms with E-state index in [1.807, 2.05) is 35.7 Å². The fourth-order valence-electron chi connectivity index (χ4n) is 2.37. The van der Waals surface area contributed by atoms with Crippen molar-refractivity contribution in [3.05, 3.63) is 66.0 Å². The van der Waals surface area contributed by atoms with Crippen LogP contribution in [-0.4, -0.2) is 28.0 Å². The minimum atomic E-state index is -0.375. The summed E-state index contributed by atoms with van der Waals surface area (Å²) in [6.45, 7) is 0.197. The Balaban J connectivity index is 1.85. The second-order valence-electron chi connectivity index (χ2n) is 5.24. The first-order valence-electron chi connectivity index (χ1n) is 7.69. The molecule has 3 aromatic rings. The first-order chi connectivity index (χ1) is 12.7. The number of thioether (sulfide) groups is 1. The molecule has 0 aliphatic carbocycles. The van der Waals surface area contributed by atoms with Crippen molar-refractivity contribution in [1.82, 2.24) is 15.0 Å². The Morgan fingerprint density at radius 2 is 1.96 bits per heavy atom. The van der Waals surface area contributed by atoms with E-state index in [0.717, 1.165) is 22.3 Å². The van der Waals surface area contributed by atoms with Crippen molar-refractivity contribution >= 4 is 23.4 Å². The number of nitrogens with zero attached hydrogens (tertiary/aromatic N) is 4. The van der Waals surface area contributed by atoms with E-state index in [0.29, 0.717) is 11.4 Å². The smallest absolute Gasteiger partial charge is 0.278 e. The van der Waals surface area contributed by atoms with Gasteiger partial charge in [0.05, 0.1) is 12.3 Å². The van der Waals surface area contributed by atoms with Crippen LogP contribution in [0.3, 0.4) is 0 Å². The molecule has 3 rings (SSSR count). The van der Waals surface area contributed by atoms with E-state index in [9.17, 15) is 4.79 Å². The van der Waals surface area contributed by atoms with Gasteiger partial charge in [-0.05, 0) is 48.2 Å². The molecule has 2 aromatic carbocycles. The molecule has 7 nitrogen and oxygen atoms in total. The highest BCUT2D eigenvalue weighted by atomic mass is 32.2. The highest BCUT2D eigenvalue weighted by Gasteiger charge is 2.20. The third-order valence-electron chi connectivity index (χ3n) is 3.54. The van der Waals surface area contributed by atoms with Gasteiger partial charge in [0, 0.05) is 17.7 Å². The van der Waals surface area contributed by atoms with Gasteiger partial charge in [-0.25, -0.2) is 4.68 Å². The van der Waals surface area contributed by atoms with Gasteiger partial charge in [-0.2, -0.15) is 5.26 Å². The number of hydrogen-bond acceptors (Lipinski definition) is 6. The monoisotopic (exact) mass is 365 g/mol. The van der Waals surface area contributed by atoms with Gasteiger partial charge >= 0.3 is 0 Å². The largest absolute Gasteiger partial charge is 0.378 e. The third kappa shape index (κ3) is 3.91. The van der Waals surface area contributed by atoms with Gasteiger partial charge in [0.25, 0.3) is 5.91 Å². The van der Waals surface area contributed by atoms with Crippen LogP contribution in [0.5, 0.6) is 0 Å². The summed E-state index contributed by atoms with van der Waals surface area (Å²) in [4.78, 5) is 13.4. The standard InChI is InChI=1S/C18H15N5O2S/c1-25-11-16-17(21-22-23(16)14-5-3-2-4-6-14)18(24)20-13-7-9-15(10-8-13)26-12-19/h2-10H,11H2,1H3,(H,20,24). The number of hydrogen-bond donors (Lipinski definition) is 1. The lowest BCUT2D eigenvalue weighted by Crippen LogP contribution is -2.16. The van der Waals surface area contributed by atoms with Gasteiger partial charge in [0.2, 0.25) is 0 Å². The minimum absolute atomic E-state index is 0.197. The maximum atomic E-state index is 12.6. The van der Waals surface area contributed by atoms with Crippen LogP contribution in [0.2, 0.25) is 0 Å². The Morgan fingerprint density at radius 3 is 2.62 bits per heavy atom. The van der Waals surface area contributed by atoms with Gasteiger partial charge in [0.15, 0.2) is 5.69 Å². The first-order valence-corrected chi connectivity index (χ1v) is 8.51. The molecule has 8 heteroatoms. The normalized spacial score (nSPS) is 10.3. The summed E-state index contributed by atoms with van der Waals surface area (Å²) in [6, 6.07) is 16.4. The number of para-hydroxylation sites is 1. The molecule has 0 radical (unpaired) electrons. The number of methoxy groups -OCH3 is 1. The molecule has 0 saturated carbocycles. The Morgan fingerprint density at radius 1 is 1.23 bits per heavy atom. The zero-order valence-corrected chi connectivity index (χ0v) is 14.7. The summed E-state index contributed by atoms with van der Waals surface area (Å²) in [5.74, 6) is -0.375. The van der Waals surface area contributed by atoms with E-state index in [-0.39, 0.29) is 18.2 Å². The summed E-state index contributed by atoms with van der Waals surface area (Å²) in [7, 11) is 1.55. The molecule has 0 unspecified atom stereocenters. The Hall–Kier alpha value is -3.15. The lowest BCUT2D eigenvalue weighted by Gasteiger charge is -2.08. The maximum Gasteiger partial charge on any atom is 0.278 e. The average molecular weight is 365 g/mol. The van der Waals surface area contributed by atoms with Crippen LogP contribution in [0.4, 0.5) is 5.69 Å². The SMILES string of the molecule is COCc1c(C(=O)Nc2ccc(SC#N)cc2)nnn1-c1ccccc1. The zero-order valence-electron chi connectivity index (χ0n) is 13.9. The quantitative estimate of drug-likeness (QED) is 0.532. The molecule has 0 fully saturated rings. The van der Waals surface area contributed by atoms with Gasteiger partial charge in [-0.1, -0.05) is 23.4 Å². The highest BCUT2D eigenvalue weighted by Crippen LogP contribution is 2.20. The molecule has 26 heavy (non-hydrogen) atoms. The number of carbonyl (C=O) groups excluding carboxylic acids is 1. The van der Waals surface area contributed by atoms with Crippen LogP contribution in [0, 0.1) is 10.7 Å². The Labute approximate surface area is 154 Å². The molecular formula is C18H15N5O2S. The van der Waals surface area contributed by atoms with E-state index in [1.165, 1.54) is 0 Å². The average Bonchev–Trinajstić information content (AvgIpc) is 3.08. The van der Waals surface area contributed by atoms with E-state index in [2.05, 4.69) is 15.6 Å². The van der Waals surface area contributed by atoms with Gasteiger partial charge in [-0.3, -0.25) is 4.79 Å². The number of anilines is 1. The molecule has 1 aromatic heterocycles. The minimum Gasteiger partial charge on any atom is -0.378 e. The molecule has 0 bridgehead atoms. The van der Waals surface area contributed by atoms with E-state index >= 15 is 0 Å². The number of ether oxygens (including phenoxy) is 1. The van der Waals surface area contributed by atoms with Crippen LogP contribution in [0.1, 0.15) is 16.2 Å². The fourth-order valence-corrected chi connectivity index (χ4v) is 2.75. The van der Waals surface area contributed by atoms with Crippen molar-refractivity contribution in [1.29, 1.82) is 5.26 Å².